The number of nitrogens with zero attached hydrogens (tertiary/aromatic N) is 2. The van der Waals surface area contributed by atoms with Crippen molar-refractivity contribution in [2.45, 2.75) is 19.8 Å². The van der Waals surface area contributed by atoms with Crippen LogP contribution >= 0.6 is 0 Å². The van der Waals surface area contributed by atoms with Gasteiger partial charge in [0.15, 0.2) is 11.6 Å². The van der Waals surface area contributed by atoms with Crippen molar-refractivity contribution in [1.82, 2.24) is 9.88 Å². The fraction of sp³-hybridized carbons (Fsp3) is 0.615. The fourth-order valence-corrected chi connectivity index (χ4v) is 2.18. The molecule has 3 nitrogen and oxygen atoms in total. The summed E-state index contributed by atoms with van der Waals surface area (Å²) in [5, 5.41) is 2.99. The van der Waals surface area contributed by atoms with Gasteiger partial charge in [0.05, 0.1) is 6.20 Å². The lowest BCUT2D eigenvalue weighted by molar-refractivity contribution is 0.150. The van der Waals surface area contributed by atoms with E-state index in [4.69, 9.17) is 0 Å². The van der Waals surface area contributed by atoms with E-state index in [9.17, 15) is 8.78 Å². The second-order valence-electron chi connectivity index (χ2n) is 5.45. The molecule has 2 rings (SSSR count). The summed E-state index contributed by atoms with van der Waals surface area (Å²) < 4.78 is 26.1. The van der Waals surface area contributed by atoms with Gasteiger partial charge in [0.1, 0.15) is 5.82 Å². The molecule has 1 saturated heterocycles. The fourth-order valence-electron chi connectivity index (χ4n) is 2.18. The largest absolute Gasteiger partial charge is 0.367 e. The maximum absolute atomic E-state index is 13.4. The van der Waals surface area contributed by atoms with Crippen molar-refractivity contribution >= 4 is 5.82 Å². The SMILES string of the molecule is CN1CCC(C)(CNc2ncc(F)cc2F)CC1. The molecule has 18 heavy (non-hydrogen) atoms. The highest BCUT2D eigenvalue weighted by Gasteiger charge is 2.28. The summed E-state index contributed by atoms with van der Waals surface area (Å²) in [4.78, 5) is 6.03. The number of likely N-dealkylation sites (tertiary alicyclic amines) is 1. The molecule has 0 aliphatic carbocycles. The Labute approximate surface area is 106 Å². The van der Waals surface area contributed by atoms with Gasteiger partial charge in [0.25, 0.3) is 0 Å². The molecular formula is C13H19F2N3. The van der Waals surface area contributed by atoms with E-state index in [1.54, 1.807) is 0 Å². The van der Waals surface area contributed by atoms with Gasteiger partial charge in [-0.25, -0.2) is 13.8 Å². The second-order valence-corrected chi connectivity index (χ2v) is 5.45. The van der Waals surface area contributed by atoms with Crippen LogP contribution in [0, 0.1) is 17.0 Å². The average molecular weight is 255 g/mol. The predicted molar refractivity (Wildman–Crippen MR) is 67.5 cm³/mol. The Balaban J connectivity index is 1.94. The van der Waals surface area contributed by atoms with Crippen LogP contribution in [0.3, 0.4) is 0 Å². The van der Waals surface area contributed by atoms with E-state index in [1.165, 1.54) is 0 Å². The van der Waals surface area contributed by atoms with E-state index in [0.29, 0.717) is 6.54 Å². The third-order valence-electron chi connectivity index (χ3n) is 3.68. The zero-order valence-corrected chi connectivity index (χ0v) is 10.8. The Hall–Kier alpha value is -1.23. The summed E-state index contributed by atoms with van der Waals surface area (Å²) in [6.45, 7) is 4.96. The standard InChI is InChI=1S/C13H19F2N3/c1-13(3-5-18(2)6-4-13)9-17-12-11(15)7-10(14)8-16-12/h7-8H,3-6,9H2,1-2H3,(H,16,17). The highest BCUT2D eigenvalue weighted by atomic mass is 19.1. The van der Waals surface area contributed by atoms with Gasteiger partial charge in [-0.1, -0.05) is 6.92 Å². The average Bonchev–Trinajstić information content (AvgIpc) is 2.32. The smallest absolute Gasteiger partial charge is 0.168 e. The molecule has 2 heterocycles. The Morgan fingerprint density at radius 3 is 2.67 bits per heavy atom. The van der Waals surface area contributed by atoms with Crippen LogP contribution in [0.15, 0.2) is 12.3 Å². The van der Waals surface area contributed by atoms with Gasteiger partial charge in [-0.15, -0.1) is 0 Å². The molecule has 0 unspecified atom stereocenters. The molecule has 0 amide bonds. The van der Waals surface area contributed by atoms with E-state index in [0.717, 1.165) is 38.2 Å². The minimum absolute atomic E-state index is 0.136. The number of hydrogen-bond donors (Lipinski definition) is 1. The third-order valence-corrected chi connectivity index (χ3v) is 3.68. The topological polar surface area (TPSA) is 28.2 Å². The lowest BCUT2D eigenvalue weighted by atomic mass is 9.80. The lowest BCUT2D eigenvalue weighted by Crippen LogP contribution is -2.40. The molecule has 0 radical (unpaired) electrons. The van der Waals surface area contributed by atoms with Crippen molar-refractivity contribution in [2.75, 3.05) is 32.0 Å². The molecule has 1 N–H and O–H groups in total. The molecule has 0 saturated carbocycles. The predicted octanol–water partition coefficient (Wildman–Crippen LogP) is 2.50. The molecule has 1 aliphatic heterocycles. The molecule has 1 fully saturated rings. The van der Waals surface area contributed by atoms with Gasteiger partial charge >= 0.3 is 0 Å². The molecule has 5 heteroatoms. The zero-order valence-electron chi connectivity index (χ0n) is 10.8. The van der Waals surface area contributed by atoms with Crippen molar-refractivity contribution < 1.29 is 8.78 Å². The van der Waals surface area contributed by atoms with Gasteiger partial charge in [-0.05, 0) is 38.4 Å². The number of rotatable bonds is 3. The number of aromatic nitrogens is 1. The first-order chi connectivity index (χ1) is 8.48. The first-order valence-corrected chi connectivity index (χ1v) is 6.22. The maximum atomic E-state index is 13.4. The Bertz CT molecular complexity index is 415. The van der Waals surface area contributed by atoms with Crippen LogP contribution in [0.5, 0.6) is 0 Å². The molecule has 0 bridgehead atoms. The number of anilines is 1. The number of nitrogens with one attached hydrogen (secondary N) is 1. The molecule has 1 aromatic rings. The molecule has 1 aliphatic rings. The Kier molecular flexibility index (Phi) is 3.80. The van der Waals surface area contributed by atoms with Crippen molar-refractivity contribution in [3.63, 3.8) is 0 Å². The maximum Gasteiger partial charge on any atom is 0.168 e. The van der Waals surface area contributed by atoms with Crippen LogP contribution in [-0.4, -0.2) is 36.6 Å². The monoisotopic (exact) mass is 255 g/mol. The summed E-state index contributed by atoms with van der Waals surface area (Å²) in [5.74, 6) is -1.15. The lowest BCUT2D eigenvalue weighted by Gasteiger charge is -2.38. The highest BCUT2D eigenvalue weighted by molar-refractivity contribution is 5.36. The summed E-state index contributed by atoms with van der Waals surface area (Å²) in [5.41, 5.74) is 0.148. The first kappa shape index (κ1) is 13.2. The minimum atomic E-state index is -0.649. The van der Waals surface area contributed by atoms with Crippen molar-refractivity contribution in [3.05, 3.63) is 23.9 Å². The Morgan fingerprint density at radius 1 is 1.39 bits per heavy atom. The molecule has 1 aromatic heterocycles. The van der Waals surface area contributed by atoms with E-state index in [2.05, 4.69) is 29.2 Å². The van der Waals surface area contributed by atoms with Crippen LogP contribution in [0.1, 0.15) is 19.8 Å². The van der Waals surface area contributed by atoms with Crippen LogP contribution in [-0.2, 0) is 0 Å². The van der Waals surface area contributed by atoms with Gasteiger partial charge in [0.2, 0.25) is 0 Å². The van der Waals surface area contributed by atoms with Crippen LogP contribution in [0.2, 0.25) is 0 Å². The normalized spacial score (nSPS) is 19.8. The summed E-state index contributed by atoms with van der Waals surface area (Å²) >= 11 is 0. The quantitative estimate of drug-likeness (QED) is 0.899. The first-order valence-electron chi connectivity index (χ1n) is 6.22. The van der Waals surface area contributed by atoms with Crippen LogP contribution in [0.25, 0.3) is 0 Å². The molecule has 0 spiro atoms. The Morgan fingerprint density at radius 2 is 2.06 bits per heavy atom. The second kappa shape index (κ2) is 5.18. The van der Waals surface area contributed by atoms with Gasteiger partial charge in [0, 0.05) is 12.6 Å². The number of halogens is 2. The van der Waals surface area contributed by atoms with Gasteiger partial charge < -0.3 is 10.2 Å². The zero-order chi connectivity index (χ0) is 13.2. The van der Waals surface area contributed by atoms with Crippen LogP contribution in [0.4, 0.5) is 14.6 Å². The number of pyridine rings is 1. The molecular weight excluding hydrogens is 236 g/mol. The highest BCUT2D eigenvalue weighted by Crippen LogP contribution is 2.30. The molecule has 0 atom stereocenters. The summed E-state index contributed by atoms with van der Waals surface area (Å²) in [7, 11) is 2.11. The van der Waals surface area contributed by atoms with E-state index < -0.39 is 11.6 Å². The van der Waals surface area contributed by atoms with Crippen molar-refractivity contribution in [3.8, 4) is 0 Å². The minimum Gasteiger partial charge on any atom is -0.367 e. The van der Waals surface area contributed by atoms with E-state index in [-0.39, 0.29) is 11.2 Å². The molecule has 100 valence electrons. The summed E-state index contributed by atoms with van der Waals surface area (Å²) in [6, 6.07) is 0.853. The van der Waals surface area contributed by atoms with E-state index >= 15 is 0 Å². The third kappa shape index (κ3) is 3.16. The van der Waals surface area contributed by atoms with Gasteiger partial charge in [-0.2, -0.15) is 0 Å². The summed E-state index contributed by atoms with van der Waals surface area (Å²) in [6.07, 6.45) is 3.17. The van der Waals surface area contributed by atoms with Crippen molar-refractivity contribution in [1.29, 1.82) is 0 Å². The van der Waals surface area contributed by atoms with Crippen LogP contribution < -0.4 is 5.32 Å². The number of hydrogen-bond acceptors (Lipinski definition) is 3. The van der Waals surface area contributed by atoms with Gasteiger partial charge in [-0.3, -0.25) is 0 Å². The van der Waals surface area contributed by atoms with E-state index in [1.807, 2.05) is 0 Å². The molecule has 0 aromatic carbocycles. The van der Waals surface area contributed by atoms with Crippen molar-refractivity contribution in [2.24, 2.45) is 5.41 Å². The number of piperidine rings is 1.